The minimum atomic E-state index is -1.76. The summed E-state index contributed by atoms with van der Waals surface area (Å²) in [5, 5.41) is 0.636. The van der Waals surface area contributed by atoms with E-state index in [-0.39, 0.29) is 28.7 Å². The fourth-order valence-corrected chi connectivity index (χ4v) is 6.23. The second kappa shape index (κ2) is 9.29. The molecule has 6 heteroatoms. The van der Waals surface area contributed by atoms with Crippen LogP contribution in [0.15, 0.2) is 18.2 Å². The summed E-state index contributed by atoms with van der Waals surface area (Å²) in [6.45, 7) is 12.3. The van der Waals surface area contributed by atoms with Crippen LogP contribution in [0.2, 0.25) is 23.2 Å². The second-order valence-corrected chi connectivity index (χ2v) is 15.7. The Morgan fingerprint density at radius 2 is 1.83 bits per heavy atom. The largest absolute Gasteiger partial charge is 0.414 e. The third-order valence-corrected chi connectivity index (χ3v) is 12.3. The van der Waals surface area contributed by atoms with Crippen molar-refractivity contribution in [2.45, 2.75) is 96.0 Å². The normalized spacial score (nSPS) is 26.2. The van der Waals surface area contributed by atoms with Crippen molar-refractivity contribution in [2.24, 2.45) is 5.92 Å². The number of carbonyl (C=O) groups excluding carboxylic acids is 1. The highest BCUT2D eigenvalue weighted by molar-refractivity contribution is 6.74. The molecule has 1 aromatic carbocycles. The Bertz CT molecular complexity index is 736. The molecule has 0 bridgehead atoms. The Hall–Kier alpha value is -0.913. The van der Waals surface area contributed by atoms with Gasteiger partial charge in [0.15, 0.2) is 8.32 Å². The predicted molar refractivity (Wildman–Crippen MR) is 124 cm³/mol. The number of nitrogens with zero attached hydrogens (tertiary/aromatic N) is 1. The van der Waals surface area contributed by atoms with Gasteiger partial charge < -0.3 is 9.33 Å². The first-order valence-electron chi connectivity index (χ1n) is 11.4. The first-order valence-corrected chi connectivity index (χ1v) is 14.7. The van der Waals surface area contributed by atoms with Crippen LogP contribution in [0.1, 0.15) is 64.9 Å². The molecule has 1 saturated carbocycles. The van der Waals surface area contributed by atoms with E-state index in [9.17, 15) is 9.18 Å². The fourth-order valence-electron chi connectivity index (χ4n) is 4.57. The van der Waals surface area contributed by atoms with E-state index in [1.54, 1.807) is 12.1 Å². The van der Waals surface area contributed by atoms with Gasteiger partial charge in [-0.15, -0.1) is 0 Å². The van der Waals surface area contributed by atoms with Crippen molar-refractivity contribution in [1.82, 2.24) is 4.90 Å². The highest BCUT2D eigenvalue weighted by Gasteiger charge is 2.41. The Labute approximate surface area is 187 Å². The summed E-state index contributed by atoms with van der Waals surface area (Å²) in [5.41, 5.74) is 0.478. The minimum Gasteiger partial charge on any atom is -0.414 e. The van der Waals surface area contributed by atoms with Crippen molar-refractivity contribution >= 4 is 25.8 Å². The molecule has 1 aromatic rings. The molecule has 0 N–H and O–H groups in total. The summed E-state index contributed by atoms with van der Waals surface area (Å²) in [6, 6.07) is 5.03. The van der Waals surface area contributed by atoms with Crippen LogP contribution in [0, 0.1) is 11.7 Å². The van der Waals surface area contributed by atoms with E-state index in [4.69, 9.17) is 16.0 Å². The van der Waals surface area contributed by atoms with Gasteiger partial charge in [-0.1, -0.05) is 38.4 Å². The van der Waals surface area contributed by atoms with Crippen LogP contribution in [-0.4, -0.2) is 37.8 Å². The maximum atomic E-state index is 14.2. The van der Waals surface area contributed by atoms with Gasteiger partial charge in [0.25, 0.3) is 0 Å². The molecular weight excluding hydrogens is 417 g/mol. The van der Waals surface area contributed by atoms with Crippen molar-refractivity contribution < 1.29 is 13.6 Å². The Morgan fingerprint density at radius 1 is 1.17 bits per heavy atom. The number of carbonyl (C=O) groups is 1. The molecule has 3 rings (SSSR count). The molecule has 1 aliphatic carbocycles. The van der Waals surface area contributed by atoms with Crippen LogP contribution in [0.4, 0.5) is 4.39 Å². The van der Waals surface area contributed by atoms with Crippen molar-refractivity contribution in [3.63, 3.8) is 0 Å². The highest BCUT2D eigenvalue weighted by Crippen LogP contribution is 2.40. The smallest absolute Gasteiger partial charge is 0.226 e. The van der Waals surface area contributed by atoms with Crippen molar-refractivity contribution in [3.8, 4) is 0 Å². The molecule has 168 valence electrons. The van der Waals surface area contributed by atoms with Gasteiger partial charge in [0, 0.05) is 35.2 Å². The number of amides is 1. The topological polar surface area (TPSA) is 29.5 Å². The summed E-state index contributed by atoms with van der Waals surface area (Å²) in [6.07, 6.45) is 6.53. The van der Waals surface area contributed by atoms with Crippen LogP contribution >= 0.6 is 11.6 Å². The van der Waals surface area contributed by atoms with Gasteiger partial charge in [0.05, 0.1) is 0 Å². The van der Waals surface area contributed by atoms with Gasteiger partial charge in [-0.25, -0.2) is 4.39 Å². The number of benzene rings is 1. The number of rotatable bonds is 5. The van der Waals surface area contributed by atoms with Crippen LogP contribution in [0.3, 0.4) is 0 Å². The van der Waals surface area contributed by atoms with Gasteiger partial charge >= 0.3 is 0 Å². The summed E-state index contributed by atoms with van der Waals surface area (Å²) < 4.78 is 20.8. The molecule has 1 atom stereocenters. The molecular formula is C24H37ClFNO2Si. The third kappa shape index (κ3) is 5.28. The molecule has 1 aliphatic heterocycles. The lowest BCUT2D eigenvalue weighted by atomic mass is 9.86. The summed E-state index contributed by atoms with van der Waals surface area (Å²) in [4.78, 5) is 15.3. The average molecular weight is 454 g/mol. The molecule has 2 aliphatic rings. The standard InChI is InChI=1S/C24H37ClFNO2Si/c1-24(2,3)30(4,5)29-19-13-11-18(12-14-19)27-15-7-8-17(23(27)28)16-20-21(25)9-6-10-22(20)26/h6,9-10,17-19H,7-8,11-16H2,1-5H3/t17?,18-,19-. The first-order chi connectivity index (χ1) is 14.0. The van der Waals surface area contributed by atoms with Crippen LogP contribution < -0.4 is 0 Å². The maximum Gasteiger partial charge on any atom is 0.226 e. The zero-order valence-electron chi connectivity index (χ0n) is 19.1. The molecule has 3 nitrogen and oxygen atoms in total. The van der Waals surface area contributed by atoms with E-state index in [0.29, 0.717) is 23.1 Å². The molecule has 0 aromatic heterocycles. The molecule has 30 heavy (non-hydrogen) atoms. The molecule has 1 saturated heterocycles. The Balaban J connectivity index is 1.59. The zero-order chi connectivity index (χ0) is 22.1. The maximum absolute atomic E-state index is 14.2. The van der Waals surface area contributed by atoms with E-state index in [0.717, 1.165) is 45.1 Å². The first kappa shape index (κ1) is 23.7. The van der Waals surface area contributed by atoms with Gasteiger partial charge in [-0.3, -0.25) is 4.79 Å². The molecule has 1 amide bonds. The summed E-state index contributed by atoms with van der Waals surface area (Å²) >= 11 is 6.21. The van der Waals surface area contributed by atoms with Crippen molar-refractivity contribution in [2.75, 3.05) is 6.54 Å². The van der Waals surface area contributed by atoms with Gasteiger partial charge in [-0.05, 0) is 75.2 Å². The van der Waals surface area contributed by atoms with Gasteiger partial charge in [-0.2, -0.15) is 0 Å². The van der Waals surface area contributed by atoms with Crippen molar-refractivity contribution in [1.29, 1.82) is 0 Å². The Morgan fingerprint density at radius 3 is 2.43 bits per heavy atom. The number of likely N-dealkylation sites (tertiary alicyclic amines) is 1. The Kier molecular flexibility index (Phi) is 7.36. The lowest BCUT2D eigenvalue weighted by Crippen LogP contribution is -2.50. The van der Waals surface area contributed by atoms with Gasteiger partial charge in [0.2, 0.25) is 5.91 Å². The predicted octanol–water partition coefficient (Wildman–Crippen LogP) is 6.59. The fraction of sp³-hybridized carbons (Fsp3) is 0.708. The summed E-state index contributed by atoms with van der Waals surface area (Å²) in [7, 11) is -1.76. The lowest BCUT2D eigenvalue weighted by Gasteiger charge is -2.44. The summed E-state index contributed by atoms with van der Waals surface area (Å²) in [5.74, 6) is -0.306. The van der Waals surface area contributed by atoms with E-state index < -0.39 is 8.32 Å². The number of halogens is 2. The van der Waals surface area contributed by atoms with Crippen LogP contribution in [-0.2, 0) is 15.6 Å². The van der Waals surface area contributed by atoms with E-state index in [1.165, 1.54) is 6.07 Å². The quantitative estimate of drug-likeness (QED) is 0.470. The lowest BCUT2D eigenvalue weighted by molar-refractivity contribution is -0.142. The third-order valence-electron chi connectivity index (χ3n) is 7.45. The minimum absolute atomic E-state index is 0.172. The van der Waals surface area contributed by atoms with Crippen molar-refractivity contribution in [3.05, 3.63) is 34.6 Å². The monoisotopic (exact) mass is 453 g/mol. The molecule has 2 fully saturated rings. The average Bonchev–Trinajstić information content (AvgIpc) is 2.66. The van der Waals surface area contributed by atoms with E-state index in [2.05, 4.69) is 38.8 Å². The number of hydrogen-bond donors (Lipinski definition) is 0. The molecule has 0 spiro atoms. The SMILES string of the molecule is CC(C)(C)[Si](C)(C)O[C@H]1CC[C@H](N2CCCC(Cc3c(F)cccc3Cl)C2=O)CC1. The van der Waals surface area contributed by atoms with Crippen LogP contribution in [0.25, 0.3) is 0 Å². The number of hydrogen-bond acceptors (Lipinski definition) is 2. The number of piperidine rings is 1. The highest BCUT2D eigenvalue weighted by atomic mass is 35.5. The zero-order valence-corrected chi connectivity index (χ0v) is 20.9. The van der Waals surface area contributed by atoms with E-state index >= 15 is 0 Å². The molecule has 1 unspecified atom stereocenters. The second-order valence-electron chi connectivity index (χ2n) is 10.6. The van der Waals surface area contributed by atoms with Crippen LogP contribution in [0.5, 0.6) is 0 Å². The molecule has 1 heterocycles. The van der Waals surface area contributed by atoms with E-state index in [1.807, 2.05) is 0 Å². The molecule has 0 radical (unpaired) electrons. The van der Waals surface area contributed by atoms with Gasteiger partial charge in [0.1, 0.15) is 5.82 Å².